The van der Waals surface area contributed by atoms with Crippen LogP contribution in [0.2, 0.25) is 0 Å². The molecule has 0 aliphatic carbocycles. The topological polar surface area (TPSA) is 319 Å². The molecule has 2 aromatic rings. The number of guanidine groups is 1. The number of allylic oxidation sites excluding steroid dienone is 1. The maximum absolute atomic E-state index is 12.5. The molecule has 0 spiro atoms. The van der Waals surface area contributed by atoms with Crippen molar-refractivity contribution in [2.75, 3.05) is 46.8 Å². The summed E-state index contributed by atoms with van der Waals surface area (Å²) in [4.78, 5) is 63.3. The summed E-state index contributed by atoms with van der Waals surface area (Å²) in [5.74, 6) is 0.407. The Morgan fingerprint density at radius 1 is 1.18 bits per heavy atom. The molecule has 4 rings (SSSR count). The van der Waals surface area contributed by atoms with E-state index >= 15 is 0 Å². The average Bonchev–Trinajstić information content (AvgIpc) is 3.81. The van der Waals surface area contributed by atoms with Gasteiger partial charge in [0.15, 0.2) is 35.8 Å². The molecule has 10 N–H and O–H groups in total. The first-order valence-corrected chi connectivity index (χ1v) is 18.3. The van der Waals surface area contributed by atoms with E-state index in [1.54, 1.807) is 17.9 Å². The van der Waals surface area contributed by atoms with E-state index in [4.69, 9.17) is 34.0 Å². The molecule has 2 fully saturated rings. The van der Waals surface area contributed by atoms with Crippen molar-refractivity contribution in [1.82, 2.24) is 35.5 Å². The predicted octanol–water partition coefficient (Wildman–Crippen LogP) is -1.11. The number of hydrogen-bond acceptors (Lipinski definition) is 20. The zero-order chi connectivity index (χ0) is 36.4. The number of likely N-dealkylation sites (N-methyl/N-ethyl adjacent to an activating group) is 1. The van der Waals surface area contributed by atoms with Crippen molar-refractivity contribution in [3.8, 4) is 0 Å². The number of phosphoric ester groups is 1. The lowest BCUT2D eigenvalue weighted by molar-refractivity contribution is -0.233. The Bertz CT molecular complexity index is 1540. The summed E-state index contributed by atoms with van der Waals surface area (Å²) >= 11 is 0. The minimum absolute atomic E-state index is 0.0326. The van der Waals surface area contributed by atoms with Crippen LogP contribution < -0.4 is 27.0 Å². The van der Waals surface area contributed by atoms with E-state index < -0.39 is 68.5 Å². The Morgan fingerprint density at radius 2 is 1.96 bits per heavy atom. The van der Waals surface area contributed by atoms with Gasteiger partial charge in [-0.1, -0.05) is 0 Å². The second kappa shape index (κ2) is 18.6. The maximum Gasteiger partial charge on any atom is 0.479 e. The Hall–Kier alpha value is -2.76. The number of fused-ring (bicyclic) bond motifs is 1. The highest BCUT2D eigenvalue weighted by Crippen LogP contribution is 2.60. The zero-order valence-electron chi connectivity index (χ0n) is 27.1. The Balaban J connectivity index is 1.20. The number of aliphatic hydroxyl groups excluding tert-OH is 1. The first-order chi connectivity index (χ1) is 23.9. The number of aromatic nitrogens is 4. The van der Waals surface area contributed by atoms with Crippen LogP contribution in [0.5, 0.6) is 0 Å². The van der Waals surface area contributed by atoms with Crippen LogP contribution in [-0.2, 0) is 46.3 Å². The number of rotatable bonds is 19. The standard InChI is InChI=1S/C23H39N10O14P3/c1-25-13(7-34)19(32-23(24)27-3)31-22-17(35)18(40-4)14(44-22)9-42-50(38,39)47-49(37)46-48(36)45-41-8-12-5-6-15(43-12)33-11-30-16-20(26-2)28-10-29-21(16)33/h7,10-12,14-15,17-18,22,25,31,35-37H,5-6,8-9H2,1-4H3,(H,38,39)(H3,24,27,32)(H,26,28,29)/b19-13+. The molecule has 9 atom stereocenters. The van der Waals surface area contributed by atoms with Crippen LogP contribution in [0.1, 0.15) is 19.1 Å². The van der Waals surface area contributed by atoms with Gasteiger partial charge in [0.1, 0.15) is 48.7 Å². The van der Waals surface area contributed by atoms with Crippen molar-refractivity contribution < 1.29 is 66.1 Å². The van der Waals surface area contributed by atoms with Crippen LogP contribution in [-0.4, -0.2) is 124 Å². The highest BCUT2D eigenvalue weighted by atomic mass is 31.3. The van der Waals surface area contributed by atoms with Crippen molar-refractivity contribution in [1.29, 1.82) is 0 Å². The van der Waals surface area contributed by atoms with Crippen LogP contribution in [0.15, 0.2) is 29.2 Å². The number of carbonyl (C=O) groups excluding carboxylic acids is 1. The molecule has 0 bridgehead atoms. The fourth-order valence-corrected chi connectivity index (χ4v) is 7.13. The predicted molar refractivity (Wildman–Crippen MR) is 173 cm³/mol. The molecule has 50 heavy (non-hydrogen) atoms. The number of phosphoric acid groups is 1. The van der Waals surface area contributed by atoms with Gasteiger partial charge in [-0.2, -0.15) is 9.67 Å². The largest absolute Gasteiger partial charge is 0.479 e. The van der Waals surface area contributed by atoms with Gasteiger partial charge in [0.25, 0.3) is 0 Å². The fourth-order valence-electron chi connectivity index (χ4n) is 4.78. The Labute approximate surface area is 287 Å². The van der Waals surface area contributed by atoms with Gasteiger partial charge in [-0.25, -0.2) is 33.0 Å². The molecule has 27 heteroatoms. The minimum atomic E-state index is -5.04. The molecular formula is C23H39N10O14P3. The minimum Gasteiger partial charge on any atom is -0.386 e. The van der Waals surface area contributed by atoms with Crippen LogP contribution in [0.25, 0.3) is 11.2 Å². The van der Waals surface area contributed by atoms with Gasteiger partial charge in [-0.15, -0.1) is 0 Å². The summed E-state index contributed by atoms with van der Waals surface area (Å²) in [7, 11) is -5.26. The number of aliphatic hydroxyl groups is 1. The van der Waals surface area contributed by atoms with Gasteiger partial charge in [-0.3, -0.25) is 13.9 Å². The van der Waals surface area contributed by atoms with Crippen molar-refractivity contribution in [3.05, 3.63) is 24.2 Å². The van der Waals surface area contributed by atoms with Crippen LogP contribution in [0.4, 0.5) is 5.82 Å². The molecule has 2 aromatic heterocycles. The second-order valence-electron chi connectivity index (χ2n) is 10.2. The van der Waals surface area contributed by atoms with E-state index in [-0.39, 0.29) is 24.1 Å². The second-order valence-corrected chi connectivity index (χ2v) is 13.8. The molecule has 4 heterocycles. The van der Waals surface area contributed by atoms with Gasteiger partial charge >= 0.3 is 25.0 Å². The van der Waals surface area contributed by atoms with Crippen molar-refractivity contribution >= 4 is 54.3 Å². The number of nitrogens with one attached hydrogen (secondary N) is 4. The molecule has 2 saturated heterocycles. The highest BCUT2D eigenvalue weighted by Gasteiger charge is 2.46. The van der Waals surface area contributed by atoms with Crippen molar-refractivity contribution in [2.24, 2.45) is 10.7 Å². The lowest BCUT2D eigenvalue weighted by atomic mass is 10.1. The van der Waals surface area contributed by atoms with Gasteiger partial charge in [0, 0.05) is 28.3 Å². The van der Waals surface area contributed by atoms with E-state index in [0.29, 0.717) is 36.1 Å². The highest BCUT2D eigenvalue weighted by molar-refractivity contribution is 7.62. The number of ether oxygens (including phenoxy) is 3. The molecule has 9 unspecified atom stereocenters. The van der Waals surface area contributed by atoms with Gasteiger partial charge in [0.05, 0.1) is 19.0 Å². The molecule has 0 amide bonds. The molecule has 0 radical (unpaired) electrons. The summed E-state index contributed by atoms with van der Waals surface area (Å²) in [6.45, 7) is -0.817. The van der Waals surface area contributed by atoms with Gasteiger partial charge < -0.3 is 61.0 Å². The number of aliphatic imine (C=N–C) groups is 1. The monoisotopic (exact) mass is 772 g/mol. The molecule has 0 aromatic carbocycles. The molecule has 2 aliphatic heterocycles. The van der Waals surface area contributed by atoms with E-state index in [9.17, 15) is 29.1 Å². The zero-order valence-corrected chi connectivity index (χ0v) is 29.7. The lowest BCUT2D eigenvalue weighted by Crippen LogP contribution is -2.42. The van der Waals surface area contributed by atoms with Crippen LogP contribution in [0, 0.1) is 0 Å². The maximum atomic E-state index is 12.5. The number of nitrogens with zero attached hydrogens (tertiary/aromatic N) is 5. The number of nitrogens with two attached hydrogens (primary N) is 1. The number of anilines is 1. The van der Waals surface area contributed by atoms with E-state index in [2.05, 4.69) is 49.8 Å². The van der Waals surface area contributed by atoms with E-state index in [1.165, 1.54) is 27.5 Å². The molecule has 280 valence electrons. The number of imidazole rings is 1. The normalized spacial score (nSPS) is 27.0. The first-order valence-electron chi connectivity index (χ1n) is 14.6. The summed E-state index contributed by atoms with van der Waals surface area (Å²) in [5.41, 5.74) is 6.83. The van der Waals surface area contributed by atoms with Crippen molar-refractivity contribution in [2.45, 2.75) is 49.7 Å². The fraction of sp³-hybridized carbons (Fsp3) is 0.609. The van der Waals surface area contributed by atoms with E-state index in [0.717, 1.165) is 0 Å². The first kappa shape index (κ1) is 40.0. The molecule has 24 nitrogen and oxygen atoms in total. The number of aldehydes is 1. The van der Waals surface area contributed by atoms with Gasteiger partial charge in [0.2, 0.25) is 0 Å². The summed E-state index contributed by atoms with van der Waals surface area (Å²) < 4.78 is 50.0. The van der Waals surface area contributed by atoms with Crippen molar-refractivity contribution in [3.63, 3.8) is 0 Å². The Kier molecular flexibility index (Phi) is 14.9. The number of methoxy groups -OCH3 is 1. The van der Waals surface area contributed by atoms with Gasteiger partial charge in [-0.05, 0) is 12.8 Å². The molecule has 0 saturated carbocycles. The summed E-state index contributed by atoms with van der Waals surface area (Å²) in [6.07, 6.45) is -1.11. The third-order valence-corrected chi connectivity index (χ3v) is 10.3. The van der Waals surface area contributed by atoms with Crippen LogP contribution >= 0.6 is 25.0 Å². The number of carbonyl (C=O) groups is 1. The third kappa shape index (κ3) is 10.4. The third-order valence-electron chi connectivity index (χ3n) is 7.09. The SMILES string of the molecule is CN/C(N)=N\C(NC1OC(COP(=O)(O)OP(O)OP(O)OOCC2CCC(n3cnc4c(NC)ncnc43)O2)C(OC)C1O)=C(/C=O)NC. The summed E-state index contributed by atoms with van der Waals surface area (Å²) in [6, 6.07) is 0. The van der Waals surface area contributed by atoms with E-state index in [1.807, 2.05) is 0 Å². The smallest absolute Gasteiger partial charge is 0.386 e. The van der Waals surface area contributed by atoms with Crippen LogP contribution in [0.3, 0.4) is 0 Å². The Morgan fingerprint density at radius 3 is 2.64 bits per heavy atom. The molecule has 2 aliphatic rings. The average molecular weight is 773 g/mol. The molecular weight excluding hydrogens is 733 g/mol. The number of hydrogen-bond donors (Lipinski definition) is 9. The quantitative estimate of drug-likeness (QED) is 0.0156. The lowest BCUT2D eigenvalue weighted by Gasteiger charge is -2.20. The summed E-state index contributed by atoms with van der Waals surface area (Å²) in [5, 5.41) is 21.6.